The number of aromatic nitrogens is 3. The lowest BCUT2D eigenvalue weighted by Crippen LogP contribution is -2.36. The molecule has 10 nitrogen and oxygen atoms in total. The summed E-state index contributed by atoms with van der Waals surface area (Å²) in [5.74, 6) is 1.74. The molecular formula is C25H27N7O3. The van der Waals surface area contributed by atoms with Crippen molar-refractivity contribution < 1.29 is 14.6 Å². The molecule has 0 amide bonds. The zero-order valence-electron chi connectivity index (χ0n) is 19.7. The van der Waals surface area contributed by atoms with E-state index < -0.39 is 5.41 Å². The number of hydrogen-bond acceptors (Lipinski definition) is 10. The van der Waals surface area contributed by atoms with E-state index in [0.717, 1.165) is 35.7 Å². The molecule has 1 fully saturated rings. The quantitative estimate of drug-likeness (QED) is 0.491. The number of pyridine rings is 1. The average Bonchev–Trinajstić information content (AvgIpc) is 3.25. The van der Waals surface area contributed by atoms with Gasteiger partial charge in [0.25, 0.3) is 0 Å². The summed E-state index contributed by atoms with van der Waals surface area (Å²) in [6, 6.07) is 9.74. The lowest BCUT2D eigenvalue weighted by atomic mass is 9.85. The average molecular weight is 474 g/mol. The van der Waals surface area contributed by atoms with Crippen molar-refractivity contribution in [2.75, 3.05) is 62.1 Å². The van der Waals surface area contributed by atoms with Crippen LogP contribution in [0.4, 0.5) is 23.1 Å². The van der Waals surface area contributed by atoms with E-state index in [-0.39, 0.29) is 6.61 Å². The summed E-state index contributed by atoms with van der Waals surface area (Å²) in [4.78, 5) is 15.7. The Balaban J connectivity index is 1.45. The van der Waals surface area contributed by atoms with Crippen molar-refractivity contribution in [1.29, 1.82) is 5.26 Å². The van der Waals surface area contributed by atoms with Crippen LogP contribution < -0.4 is 20.3 Å². The number of fused-ring (bicyclic) bond motifs is 1. The SMILES string of the molecule is COc1cc(N2CCOCC2)c(C#N)cc1Nc1nccc(-c2cnc3c(c2)C(C)(CO)CN3)n1. The Kier molecular flexibility index (Phi) is 6.11. The highest BCUT2D eigenvalue weighted by molar-refractivity contribution is 5.75. The fraction of sp³-hybridized carbons (Fsp3) is 0.360. The molecule has 0 bridgehead atoms. The van der Waals surface area contributed by atoms with Gasteiger partial charge in [0.05, 0.1) is 49.6 Å². The number of benzene rings is 1. The Hall–Kier alpha value is -3.94. The summed E-state index contributed by atoms with van der Waals surface area (Å²) in [7, 11) is 1.59. The van der Waals surface area contributed by atoms with E-state index in [2.05, 4.69) is 36.6 Å². The van der Waals surface area contributed by atoms with Gasteiger partial charge in [-0.15, -0.1) is 0 Å². The summed E-state index contributed by atoms with van der Waals surface area (Å²) in [5.41, 5.74) is 4.03. The molecule has 35 heavy (non-hydrogen) atoms. The van der Waals surface area contributed by atoms with E-state index in [4.69, 9.17) is 9.47 Å². The van der Waals surface area contributed by atoms with E-state index in [9.17, 15) is 10.4 Å². The molecule has 10 heteroatoms. The van der Waals surface area contributed by atoms with Crippen LogP contribution in [-0.4, -0.2) is 66.6 Å². The van der Waals surface area contributed by atoms with Crippen molar-refractivity contribution in [2.45, 2.75) is 12.3 Å². The summed E-state index contributed by atoms with van der Waals surface area (Å²) >= 11 is 0. The number of methoxy groups -OCH3 is 1. The van der Waals surface area contributed by atoms with Crippen molar-refractivity contribution in [2.24, 2.45) is 0 Å². The zero-order valence-corrected chi connectivity index (χ0v) is 19.7. The van der Waals surface area contributed by atoms with Gasteiger partial charge >= 0.3 is 0 Å². The number of ether oxygens (including phenoxy) is 2. The smallest absolute Gasteiger partial charge is 0.227 e. The third kappa shape index (κ3) is 4.32. The maximum absolute atomic E-state index is 9.89. The van der Waals surface area contributed by atoms with E-state index in [0.29, 0.717) is 48.4 Å². The van der Waals surface area contributed by atoms with E-state index >= 15 is 0 Å². The molecule has 180 valence electrons. The van der Waals surface area contributed by atoms with Crippen molar-refractivity contribution in [3.63, 3.8) is 0 Å². The summed E-state index contributed by atoms with van der Waals surface area (Å²) in [5, 5.41) is 26.1. The first kappa shape index (κ1) is 22.8. The minimum Gasteiger partial charge on any atom is -0.494 e. The maximum atomic E-state index is 9.89. The second kappa shape index (κ2) is 9.37. The molecule has 1 atom stereocenters. The Labute approximate surface area is 203 Å². The second-order valence-corrected chi connectivity index (χ2v) is 8.86. The van der Waals surface area contributed by atoms with Gasteiger partial charge in [0.15, 0.2) is 0 Å². The third-order valence-electron chi connectivity index (χ3n) is 6.52. The Morgan fingerprint density at radius 3 is 2.86 bits per heavy atom. The number of aliphatic hydroxyl groups excluding tert-OH is 1. The number of anilines is 4. The molecule has 5 rings (SSSR count). The van der Waals surface area contributed by atoms with Crippen molar-refractivity contribution in [1.82, 2.24) is 15.0 Å². The Morgan fingerprint density at radius 1 is 1.29 bits per heavy atom. The van der Waals surface area contributed by atoms with Crippen LogP contribution in [0.5, 0.6) is 5.75 Å². The largest absolute Gasteiger partial charge is 0.494 e. The van der Waals surface area contributed by atoms with E-state index in [1.165, 1.54) is 0 Å². The van der Waals surface area contributed by atoms with Crippen LogP contribution in [0.25, 0.3) is 11.3 Å². The van der Waals surface area contributed by atoms with Gasteiger partial charge in [-0.1, -0.05) is 6.92 Å². The molecule has 3 aromatic rings. The highest BCUT2D eigenvalue weighted by atomic mass is 16.5. The van der Waals surface area contributed by atoms with Gasteiger partial charge in [-0.2, -0.15) is 5.26 Å². The molecule has 3 N–H and O–H groups in total. The van der Waals surface area contributed by atoms with Gasteiger partial charge in [-0.25, -0.2) is 15.0 Å². The van der Waals surface area contributed by atoms with Gasteiger partial charge in [-0.05, 0) is 18.2 Å². The first-order chi connectivity index (χ1) is 17.0. The predicted molar refractivity (Wildman–Crippen MR) is 132 cm³/mol. The molecule has 0 saturated carbocycles. The number of morpholine rings is 1. The second-order valence-electron chi connectivity index (χ2n) is 8.86. The number of rotatable bonds is 6. The van der Waals surface area contributed by atoms with Crippen LogP contribution in [0, 0.1) is 11.3 Å². The molecule has 4 heterocycles. The molecule has 1 unspecified atom stereocenters. The number of nitrogens with one attached hydrogen (secondary N) is 2. The molecule has 1 aromatic carbocycles. The topological polar surface area (TPSA) is 128 Å². The summed E-state index contributed by atoms with van der Waals surface area (Å²) in [6.07, 6.45) is 3.42. The van der Waals surface area contributed by atoms with Crippen molar-refractivity contribution >= 4 is 23.1 Å². The van der Waals surface area contributed by atoms with Gasteiger partial charge in [0.1, 0.15) is 17.6 Å². The molecule has 2 aromatic heterocycles. The minimum atomic E-state index is -0.393. The number of hydrogen-bond donors (Lipinski definition) is 3. The molecule has 2 aliphatic rings. The highest BCUT2D eigenvalue weighted by Crippen LogP contribution is 2.38. The Bertz CT molecular complexity index is 1290. The highest BCUT2D eigenvalue weighted by Gasteiger charge is 2.35. The normalized spacial score (nSPS) is 19.0. The molecule has 0 aliphatic carbocycles. The number of nitriles is 1. The summed E-state index contributed by atoms with van der Waals surface area (Å²) < 4.78 is 11.1. The van der Waals surface area contributed by atoms with Crippen molar-refractivity contribution in [3.05, 3.63) is 47.8 Å². The molecule has 0 radical (unpaired) electrons. The lowest BCUT2D eigenvalue weighted by Gasteiger charge is -2.30. The molecule has 2 aliphatic heterocycles. The van der Waals surface area contributed by atoms with E-state index in [1.54, 1.807) is 25.6 Å². The predicted octanol–water partition coefficient (Wildman–Crippen LogP) is 2.67. The van der Waals surface area contributed by atoms with Gasteiger partial charge in [0.2, 0.25) is 5.95 Å². The monoisotopic (exact) mass is 473 g/mol. The fourth-order valence-electron chi connectivity index (χ4n) is 4.41. The fourth-order valence-corrected chi connectivity index (χ4v) is 4.41. The van der Waals surface area contributed by atoms with Crippen LogP contribution in [0.2, 0.25) is 0 Å². The van der Waals surface area contributed by atoms with Crippen LogP contribution in [-0.2, 0) is 10.2 Å². The number of nitrogens with zero attached hydrogens (tertiary/aromatic N) is 5. The minimum absolute atomic E-state index is 0.0240. The van der Waals surface area contributed by atoms with Crippen LogP contribution in [0.1, 0.15) is 18.1 Å². The van der Waals surface area contributed by atoms with Crippen molar-refractivity contribution in [3.8, 4) is 23.1 Å². The van der Waals surface area contributed by atoms with Crippen LogP contribution in [0.15, 0.2) is 36.7 Å². The first-order valence-electron chi connectivity index (χ1n) is 11.4. The van der Waals surface area contributed by atoms with Crippen LogP contribution in [0.3, 0.4) is 0 Å². The summed E-state index contributed by atoms with van der Waals surface area (Å²) in [6.45, 7) is 5.34. The molecule has 0 spiro atoms. The Morgan fingerprint density at radius 2 is 2.11 bits per heavy atom. The van der Waals surface area contributed by atoms with Crippen LogP contribution >= 0.6 is 0 Å². The molecular weight excluding hydrogens is 446 g/mol. The zero-order chi connectivity index (χ0) is 24.4. The lowest BCUT2D eigenvalue weighted by molar-refractivity contribution is 0.122. The standard InChI is InChI=1S/C25H27N7O3/c1-25(15-33)14-29-23-18(25)9-17(13-28-23)19-3-4-27-24(30-19)31-20-10-16(12-26)21(11-22(20)34-2)32-5-7-35-8-6-32/h3-4,9-11,13,33H,5-8,14-15H2,1-2H3,(H,28,29)(H,27,30,31). The van der Waals surface area contributed by atoms with Gasteiger partial charge in [0, 0.05) is 54.6 Å². The van der Waals surface area contributed by atoms with E-state index in [1.807, 2.05) is 25.1 Å². The third-order valence-corrected chi connectivity index (χ3v) is 6.52. The van der Waals surface area contributed by atoms with Gasteiger partial charge in [-0.3, -0.25) is 0 Å². The first-order valence-corrected chi connectivity index (χ1v) is 11.4. The number of aliphatic hydroxyl groups is 1. The molecule has 1 saturated heterocycles. The maximum Gasteiger partial charge on any atom is 0.227 e. The van der Waals surface area contributed by atoms with Gasteiger partial charge < -0.3 is 30.1 Å².